The molecule has 0 aliphatic carbocycles. The third-order valence-corrected chi connectivity index (χ3v) is 4.84. The van der Waals surface area contributed by atoms with Crippen molar-refractivity contribution in [2.45, 2.75) is 19.0 Å². The van der Waals surface area contributed by atoms with E-state index in [0.29, 0.717) is 11.3 Å². The number of rotatable bonds is 3. The molecule has 1 saturated heterocycles. The first-order chi connectivity index (χ1) is 12.7. The summed E-state index contributed by atoms with van der Waals surface area (Å²) in [5.41, 5.74) is 0.945. The van der Waals surface area contributed by atoms with Gasteiger partial charge in [-0.1, -0.05) is 36.4 Å². The topological polar surface area (TPSA) is 49.4 Å². The lowest BCUT2D eigenvalue weighted by Crippen LogP contribution is -2.33. The van der Waals surface area contributed by atoms with Crippen molar-refractivity contribution in [1.29, 1.82) is 0 Å². The number of amides is 2. The number of benzene rings is 2. The molecule has 1 aliphatic heterocycles. The molecule has 0 aromatic heterocycles. The SMILES string of the molecule is Cc1ccccc1NC(=O)[C@H]1C(=O)N(C)C[C@@H]1c1cccc(C(F)(F)F)c1. The summed E-state index contributed by atoms with van der Waals surface area (Å²) < 4.78 is 39.1. The minimum Gasteiger partial charge on any atom is -0.344 e. The average Bonchev–Trinajstić information content (AvgIpc) is 2.91. The molecule has 7 heteroatoms. The van der Waals surface area contributed by atoms with E-state index in [1.54, 1.807) is 19.2 Å². The number of hydrogen-bond donors (Lipinski definition) is 1. The van der Waals surface area contributed by atoms with Gasteiger partial charge in [-0.05, 0) is 30.2 Å². The molecule has 2 amide bonds. The van der Waals surface area contributed by atoms with E-state index < -0.39 is 35.4 Å². The van der Waals surface area contributed by atoms with Gasteiger partial charge in [0.05, 0.1) is 5.56 Å². The first-order valence-electron chi connectivity index (χ1n) is 8.47. The molecule has 1 aliphatic rings. The lowest BCUT2D eigenvalue weighted by atomic mass is 9.87. The zero-order valence-corrected chi connectivity index (χ0v) is 14.9. The van der Waals surface area contributed by atoms with Crippen LogP contribution < -0.4 is 5.32 Å². The van der Waals surface area contributed by atoms with Crippen molar-refractivity contribution < 1.29 is 22.8 Å². The molecule has 0 saturated carbocycles. The Morgan fingerprint density at radius 2 is 1.85 bits per heavy atom. The van der Waals surface area contributed by atoms with Crippen molar-refractivity contribution >= 4 is 17.5 Å². The van der Waals surface area contributed by atoms with Gasteiger partial charge >= 0.3 is 6.18 Å². The van der Waals surface area contributed by atoms with Crippen LogP contribution >= 0.6 is 0 Å². The predicted molar refractivity (Wildman–Crippen MR) is 95.1 cm³/mol. The van der Waals surface area contributed by atoms with E-state index in [-0.39, 0.29) is 6.54 Å². The summed E-state index contributed by atoms with van der Waals surface area (Å²) in [6, 6.07) is 12.0. The van der Waals surface area contributed by atoms with Crippen molar-refractivity contribution in [3.63, 3.8) is 0 Å². The van der Waals surface area contributed by atoms with Crippen LogP contribution in [0.2, 0.25) is 0 Å². The Morgan fingerprint density at radius 3 is 2.52 bits per heavy atom. The molecule has 142 valence electrons. The Labute approximate surface area is 155 Å². The Kier molecular flexibility index (Phi) is 4.95. The lowest BCUT2D eigenvalue weighted by Gasteiger charge is -2.19. The molecule has 2 aromatic rings. The fourth-order valence-corrected chi connectivity index (χ4v) is 3.36. The van der Waals surface area contributed by atoms with E-state index in [4.69, 9.17) is 0 Å². The molecule has 0 spiro atoms. The number of hydrogen-bond acceptors (Lipinski definition) is 2. The quantitative estimate of drug-likeness (QED) is 0.828. The van der Waals surface area contributed by atoms with Crippen molar-refractivity contribution in [3.05, 3.63) is 65.2 Å². The summed E-state index contributed by atoms with van der Waals surface area (Å²) in [5, 5.41) is 2.74. The van der Waals surface area contributed by atoms with Gasteiger partial charge in [-0.2, -0.15) is 13.2 Å². The zero-order valence-electron chi connectivity index (χ0n) is 14.9. The number of likely N-dealkylation sites (N-methyl/N-ethyl adjacent to an activating group) is 1. The number of carbonyl (C=O) groups is 2. The number of halogens is 3. The molecule has 0 radical (unpaired) electrons. The maximum atomic E-state index is 13.0. The van der Waals surface area contributed by atoms with Crippen LogP contribution in [-0.2, 0) is 15.8 Å². The minimum atomic E-state index is -4.48. The van der Waals surface area contributed by atoms with Crippen molar-refractivity contribution in [2.24, 2.45) is 5.92 Å². The first-order valence-corrected chi connectivity index (χ1v) is 8.47. The Morgan fingerprint density at radius 1 is 1.15 bits per heavy atom. The summed E-state index contributed by atoms with van der Waals surface area (Å²) >= 11 is 0. The Bertz CT molecular complexity index is 880. The zero-order chi connectivity index (χ0) is 19.8. The molecule has 1 fully saturated rings. The van der Waals surface area contributed by atoms with Crippen molar-refractivity contribution in [3.8, 4) is 0 Å². The average molecular weight is 376 g/mol. The maximum Gasteiger partial charge on any atom is 0.416 e. The highest BCUT2D eigenvalue weighted by molar-refractivity contribution is 6.08. The van der Waals surface area contributed by atoms with Gasteiger partial charge in [0, 0.05) is 25.2 Å². The Balaban J connectivity index is 1.92. The second-order valence-corrected chi connectivity index (χ2v) is 6.73. The molecule has 2 atom stereocenters. The molecular weight excluding hydrogens is 357 g/mol. The highest BCUT2D eigenvalue weighted by atomic mass is 19.4. The lowest BCUT2D eigenvalue weighted by molar-refractivity contribution is -0.137. The van der Waals surface area contributed by atoms with Crippen LogP contribution in [0.5, 0.6) is 0 Å². The number of anilines is 1. The van der Waals surface area contributed by atoms with E-state index in [1.807, 2.05) is 19.1 Å². The molecule has 3 rings (SSSR count). The number of likely N-dealkylation sites (tertiary alicyclic amines) is 1. The summed E-state index contributed by atoms with van der Waals surface area (Å²) in [7, 11) is 1.55. The minimum absolute atomic E-state index is 0.187. The van der Waals surface area contributed by atoms with Crippen LogP contribution in [0.25, 0.3) is 0 Å². The molecule has 1 heterocycles. The highest BCUT2D eigenvalue weighted by Crippen LogP contribution is 2.37. The Hall–Kier alpha value is -2.83. The van der Waals surface area contributed by atoms with E-state index in [1.165, 1.54) is 17.0 Å². The molecular formula is C20H19F3N2O2. The van der Waals surface area contributed by atoms with Gasteiger partial charge in [0.15, 0.2) is 0 Å². The number of nitrogens with zero attached hydrogens (tertiary/aromatic N) is 1. The number of aryl methyl sites for hydroxylation is 1. The summed E-state index contributed by atoms with van der Waals surface area (Å²) in [6.45, 7) is 2.01. The number of para-hydroxylation sites is 1. The second kappa shape index (κ2) is 7.06. The van der Waals surface area contributed by atoms with Gasteiger partial charge < -0.3 is 10.2 Å². The van der Waals surface area contributed by atoms with Crippen LogP contribution in [0, 0.1) is 12.8 Å². The number of alkyl halides is 3. The van der Waals surface area contributed by atoms with Crippen LogP contribution in [0.15, 0.2) is 48.5 Å². The van der Waals surface area contributed by atoms with Crippen molar-refractivity contribution in [1.82, 2.24) is 4.90 Å². The molecule has 0 bridgehead atoms. The van der Waals surface area contributed by atoms with E-state index in [2.05, 4.69) is 5.32 Å². The van der Waals surface area contributed by atoms with Gasteiger partial charge in [0.1, 0.15) is 5.92 Å². The fourth-order valence-electron chi connectivity index (χ4n) is 3.36. The standard InChI is InChI=1S/C20H19F3N2O2/c1-12-6-3-4-9-16(12)24-18(26)17-15(11-25(2)19(17)27)13-7-5-8-14(10-13)20(21,22)23/h3-10,15,17H,11H2,1-2H3,(H,24,26)/t15-,17+/m1/s1. The largest absolute Gasteiger partial charge is 0.416 e. The van der Waals surface area contributed by atoms with Crippen LogP contribution in [0.4, 0.5) is 18.9 Å². The normalized spacial score (nSPS) is 20.0. The number of nitrogens with one attached hydrogen (secondary N) is 1. The van der Waals surface area contributed by atoms with E-state index in [0.717, 1.165) is 17.7 Å². The summed E-state index contributed by atoms with van der Waals surface area (Å²) in [4.78, 5) is 26.7. The summed E-state index contributed by atoms with van der Waals surface area (Å²) in [6.07, 6.45) is -4.48. The molecule has 0 unspecified atom stereocenters. The smallest absolute Gasteiger partial charge is 0.344 e. The number of carbonyl (C=O) groups excluding carboxylic acids is 2. The van der Waals surface area contributed by atoms with Gasteiger partial charge in [-0.15, -0.1) is 0 Å². The van der Waals surface area contributed by atoms with E-state index in [9.17, 15) is 22.8 Å². The highest BCUT2D eigenvalue weighted by Gasteiger charge is 2.44. The van der Waals surface area contributed by atoms with Crippen molar-refractivity contribution in [2.75, 3.05) is 18.9 Å². The van der Waals surface area contributed by atoms with Crippen LogP contribution in [0.1, 0.15) is 22.6 Å². The predicted octanol–water partition coefficient (Wildman–Crippen LogP) is 3.82. The molecule has 4 nitrogen and oxygen atoms in total. The monoisotopic (exact) mass is 376 g/mol. The van der Waals surface area contributed by atoms with Crippen LogP contribution in [-0.4, -0.2) is 30.3 Å². The molecule has 1 N–H and O–H groups in total. The van der Waals surface area contributed by atoms with Gasteiger partial charge in [0.2, 0.25) is 11.8 Å². The van der Waals surface area contributed by atoms with Gasteiger partial charge in [-0.3, -0.25) is 9.59 Å². The maximum absolute atomic E-state index is 13.0. The second-order valence-electron chi connectivity index (χ2n) is 6.73. The van der Waals surface area contributed by atoms with Gasteiger partial charge in [-0.25, -0.2) is 0 Å². The van der Waals surface area contributed by atoms with E-state index >= 15 is 0 Å². The van der Waals surface area contributed by atoms with Gasteiger partial charge in [0.25, 0.3) is 0 Å². The fraction of sp³-hybridized carbons (Fsp3) is 0.300. The molecule has 2 aromatic carbocycles. The third kappa shape index (κ3) is 3.82. The molecule has 27 heavy (non-hydrogen) atoms. The summed E-state index contributed by atoms with van der Waals surface area (Å²) in [5.74, 6) is -2.63. The van der Waals surface area contributed by atoms with Crippen LogP contribution in [0.3, 0.4) is 0 Å². The third-order valence-electron chi connectivity index (χ3n) is 4.84. The first kappa shape index (κ1) is 18.9.